The van der Waals surface area contributed by atoms with E-state index in [-0.39, 0.29) is 0 Å². The summed E-state index contributed by atoms with van der Waals surface area (Å²) in [5.74, 6) is 0.922. The molecule has 0 heterocycles. The van der Waals surface area contributed by atoms with Crippen molar-refractivity contribution < 1.29 is 4.74 Å². The maximum absolute atomic E-state index is 5.65. The van der Waals surface area contributed by atoms with Gasteiger partial charge in [-0.2, -0.15) is 0 Å². The van der Waals surface area contributed by atoms with Crippen LogP contribution in [0.25, 0.3) is 0 Å². The zero-order valence-electron chi connectivity index (χ0n) is 12.4. The average molecular weight is 284 g/mol. The van der Waals surface area contributed by atoms with Crippen LogP contribution in [-0.2, 0) is 13.0 Å². The van der Waals surface area contributed by atoms with Crippen molar-refractivity contribution in [1.29, 1.82) is 0 Å². The summed E-state index contributed by atoms with van der Waals surface area (Å²) in [6.07, 6.45) is 1.94. The molecule has 0 aliphatic heterocycles. The number of nitrogens with one attached hydrogen (secondary N) is 1. The van der Waals surface area contributed by atoms with Crippen LogP contribution in [0.1, 0.15) is 17.5 Å². The van der Waals surface area contributed by atoms with Crippen LogP contribution in [0.3, 0.4) is 0 Å². The molecule has 0 aliphatic carbocycles. The highest BCUT2D eigenvalue weighted by atomic mass is 16.5. The molecule has 0 saturated carbocycles. The summed E-state index contributed by atoms with van der Waals surface area (Å²) in [6.45, 7) is 3.19. The van der Waals surface area contributed by atoms with Crippen LogP contribution in [0.5, 0.6) is 5.75 Å². The highest BCUT2D eigenvalue weighted by Crippen LogP contribution is 2.13. The van der Waals surface area contributed by atoms with Crippen molar-refractivity contribution in [2.45, 2.75) is 19.4 Å². The van der Waals surface area contributed by atoms with Gasteiger partial charge in [-0.3, -0.25) is 0 Å². The van der Waals surface area contributed by atoms with Crippen molar-refractivity contribution in [1.82, 2.24) is 5.32 Å². The van der Waals surface area contributed by atoms with Crippen LogP contribution in [-0.4, -0.2) is 19.7 Å². The fraction of sp³-hybridized carbons (Fsp3) is 0.333. The van der Waals surface area contributed by atoms with Gasteiger partial charge in [0.25, 0.3) is 0 Å². The topological polar surface area (TPSA) is 47.3 Å². The molecule has 0 radical (unpaired) electrons. The monoisotopic (exact) mass is 284 g/mol. The molecular formula is C18H24N2O. The SMILES string of the molecule is NCCCOc1cccc(CNCCc2ccccc2)c1. The van der Waals surface area contributed by atoms with Crippen molar-refractivity contribution >= 4 is 0 Å². The smallest absolute Gasteiger partial charge is 0.119 e. The molecule has 21 heavy (non-hydrogen) atoms. The van der Waals surface area contributed by atoms with Gasteiger partial charge in [0, 0.05) is 6.54 Å². The maximum Gasteiger partial charge on any atom is 0.119 e. The fourth-order valence-electron chi connectivity index (χ4n) is 2.13. The lowest BCUT2D eigenvalue weighted by Gasteiger charge is -2.08. The van der Waals surface area contributed by atoms with Crippen molar-refractivity contribution in [2.75, 3.05) is 19.7 Å². The van der Waals surface area contributed by atoms with E-state index >= 15 is 0 Å². The van der Waals surface area contributed by atoms with Crippen molar-refractivity contribution in [2.24, 2.45) is 5.73 Å². The van der Waals surface area contributed by atoms with Gasteiger partial charge in [0.15, 0.2) is 0 Å². The number of rotatable bonds is 9. The molecule has 0 amide bonds. The molecule has 3 nitrogen and oxygen atoms in total. The first-order valence-electron chi connectivity index (χ1n) is 7.55. The molecule has 0 bridgehead atoms. The van der Waals surface area contributed by atoms with Crippen LogP contribution >= 0.6 is 0 Å². The third kappa shape index (κ3) is 5.98. The molecule has 0 fully saturated rings. The van der Waals surface area contributed by atoms with E-state index in [1.165, 1.54) is 11.1 Å². The van der Waals surface area contributed by atoms with Gasteiger partial charge in [0.1, 0.15) is 5.75 Å². The first-order chi connectivity index (χ1) is 10.4. The Bertz CT molecular complexity index is 514. The van der Waals surface area contributed by atoms with E-state index in [1.54, 1.807) is 0 Å². The van der Waals surface area contributed by atoms with E-state index in [1.807, 2.05) is 18.2 Å². The molecule has 112 valence electrons. The summed E-state index contributed by atoms with van der Waals surface area (Å²) < 4.78 is 5.65. The molecule has 3 N–H and O–H groups in total. The number of nitrogens with two attached hydrogens (primary N) is 1. The van der Waals surface area contributed by atoms with E-state index in [0.29, 0.717) is 13.2 Å². The van der Waals surface area contributed by atoms with E-state index in [9.17, 15) is 0 Å². The Hall–Kier alpha value is -1.84. The van der Waals surface area contributed by atoms with Crippen LogP contribution in [0.15, 0.2) is 54.6 Å². The molecule has 0 atom stereocenters. The van der Waals surface area contributed by atoms with Gasteiger partial charge in [-0.15, -0.1) is 0 Å². The maximum atomic E-state index is 5.65. The predicted molar refractivity (Wildman–Crippen MR) is 87.5 cm³/mol. The first kappa shape index (κ1) is 15.5. The van der Waals surface area contributed by atoms with Crippen molar-refractivity contribution in [3.63, 3.8) is 0 Å². The third-order valence-electron chi connectivity index (χ3n) is 3.28. The number of hydrogen-bond acceptors (Lipinski definition) is 3. The van der Waals surface area contributed by atoms with E-state index < -0.39 is 0 Å². The summed E-state index contributed by atoms with van der Waals surface area (Å²) in [7, 11) is 0. The predicted octanol–water partition coefficient (Wildman–Crippen LogP) is 2.75. The Labute approximate surface area is 127 Å². The standard InChI is InChI=1S/C18H24N2O/c19-11-5-13-21-18-9-4-8-17(14-18)15-20-12-10-16-6-2-1-3-7-16/h1-4,6-9,14,20H,5,10-13,15,19H2. The van der Waals surface area contributed by atoms with Gasteiger partial charge in [0.05, 0.1) is 6.61 Å². The van der Waals surface area contributed by atoms with Crippen LogP contribution < -0.4 is 15.8 Å². The minimum atomic E-state index is 0.667. The van der Waals surface area contributed by atoms with Gasteiger partial charge in [-0.25, -0.2) is 0 Å². The Kier molecular flexibility index (Phi) is 6.78. The highest BCUT2D eigenvalue weighted by Gasteiger charge is 1.97. The first-order valence-corrected chi connectivity index (χ1v) is 7.55. The van der Waals surface area contributed by atoms with Crippen LogP contribution in [0.2, 0.25) is 0 Å². The molecule has 0 spiro atoms. The Balaban J connectivity index is 1.71. The third-order valence-corrected chi connectivity index (χ3v) is 3.28. The lowest BCUT2D eigenvalue weighted by atomic mass is 10.1. The largest absolute Gasteiger partial charge is 0.494 e. The van der Waals surface area contributed by atoms with Crippen molar-refractivity contribution in [3.8, 4) is 5.75 Å². The summed E-state index contributed by atoms with van der Waals surface area (Å²) in [5, 5.41) is 3.47. The lowest BCUT2D eigenvalue weighted by Crippen LogP contribution is -2.16. The Morgan fingerprint density at radius 2 is 1.76 bits per heavy atom. The summed E-state index contributed by atoms with van der Waals surface area (Å²) in [4.78, 5) is 0. The zero-order valence-corrected chi connectivity index (χ0v) is 12.4. The van der Waals surface area contributed by atoms with Gasteiger partial charge < -0.3 is 15.8 Å². The fourth-order valence-corrected chi connectivity index (χ4v) is 2.13. The molecule has 2 aromatic carbocycles. The molecule has 0 aromatic heterocycles. The van der Waals surface area contributed by atoms with E-state index in [0.717, 1.165) is 31.7 Å². The second kappa shape index (κ2) is 9.16. The Morgan fingerprint density at radius 3 is 2.57 bits per heavy atom. The Morgan fingerprint density at radius 1 is 0.952 bits per heavy atom. The number of benzene rings is 2. The molecule has 0 aliphatic rings. The van der Waals surface area contributed by atoms with Crippen molar-refractivity contribution in [3.05, 3.63) is 65.7 Å². The molecule has 0 saturated heterocycles. The van der Waals surface area contributed by atoms with Crippen LogP contribution in [0, 0.1) is 0 Å². The van der Waals surface area contributed by atoms with Crippen LogP contribution in [0.4, 0.5) is 0 Å². The molecule has 0 unspecified atom stereocenters. The summed E-state index contributed by atoms with van der Waals surface area (Å²) in [5.41, 5.74) is 8.07. The molecule has 2 rings (SSSR count). The lowest BCUT2D eigenvalue weighted by molar-refractivity contribution is 0.313. The summed E-state index contributed by atoms with van der Waals surface area (Å²) in [6, 6.07) is 18.8. The quantitative estimate of drug-likeness (QED) is 0.696. The van der Waals surface area contributed by atoms with Gasteiger partial charge in [-0.05, 0) is 49.2 Å². The number of ether oxygens (including phenoxy) is 1. The van der Waals surface area contributed by atoms with E-state index in [4.69, 9.17) is 10.5 Å². The minimum absolute atomic E-state index is 0.667. The second-order valence-electron chi connectivity index (χ2n) is 5.05. The number of hydrogen-bond donors (Lipinski definition) is 2. The molecule has 3 heteroatoms. The van der Waals surface area contributed by atoms with E-state index in [2.05, 4.69) is 41.7 Å². The zero-order chi connectivity index (χ0) is 14.8. The normalized spacial score (nSPS) is 10.5. The summed E-state index contributed by atoms with van der Waals surface area (Å²) >= 11 is 0. The van der Waals surface area contributed by atoms with Gasteiger partial charge >= 0.3 is 0 Å². The molecular weight excluding hydrogens is 260 g/mol. The van der Waals surface area contributed by atoms with Gasteiger partial charge in [0.2, 0.25) is 0 Å². The average Bonchev–Trinajstić information content (AvgIpc) is 2.53. The highest BCUT2D eigenvalue weighted by molar-refractivity contribution is 5.28. The van der Waals surface area contributed by atoms with Gasteiger partial charge in [-0.1, -0.05) is 42.5 Å². The minimum Gasteiger partial charge on any atom is -0.494 e. The second-order valence-corrected chi connectivity index (χ2v) is 5.05. The molecule has 2 aromatic rings.